The molecule has 0 saturated heterocycles. The second kappa shape index (κ2) is 4.41. The van der Waals surface area contributed by atoms with Crippen molar-refractivity contribution in [2.75, 3.05) is 7.11 Å². The van der Waals surface area contributed by atoms with Gasteiger partial charge in [-0.3, -0.25) is 0 Å². The summed E-state index contributed by atoms with van der Waals surface area (Å²) in [5.41, 5.74) is 2.29. The summed E-state index contributed by atoms with van der Waals surface area (Å²) in [5.74, 6) is 0. The van der Waals surface area contributed by atoms with Crippen molar-refractivity contribution >= 4 is 41.6 Å². The third-order valence-electron chi connectivity index (χ3n) is 2.33. The van der Waals surface area contributed by atoms with Gasteiger partial charge in [-0.1, -0.05) is 0 Å². The van der Waals surface area contributed by atoms with Crippen LogP contribution in [-0.2, 0) is 11.3 Å². The zero-order valence-electron chi connectivity index (χ0n) is 8.45. The second-order valence-corrected chi connectivity index (χ2v) is 4.49. The van der Waals surface area contributed by atoms with Gasteiger partial charge in [0.2, 0.25) is 0 Å². The predicted molar refractivity (Wildman–Crippen MR) is 57.8 cm³/mol. The first-order chi connectivity index (χ1) is 6.81. The van der Waals surface area contributed by atoms with Crippen molar-refractivity contribution < 1.29 is 4.74 Å². The maximum absolute atomic E-state index is 5.11. The van der Waals surface area contributed by atoms with Crippen LogP contribution in [0.2, 0.25) is 0 Å². The SMILES string of the molecule is COCc1ccc2ncc[c]([Na])c2c1. The zero-order chi connectivity index (χ0) is 9.97. The summed E-state index contributed by atoms with van der Waals surface area (Å²) >= 11 is 1.06. The van der Waals surface area contributed by atoms with Crippen molar-refractivity contribution in [1.29, 1.82) is 0 Å². The van der Waals surface area contributed by atoms with E-state index in [0.717, 1.165) is 33.4 Å². The van der Waals surface area contributed by atoms with Crippen LogP contribution < -0.4 is 2.81 Å². The molecule has 0 N–H and O–H groups in total. The molecule has 0 fully saturated rings. The minimum absolute atomic E-state index is 0.672. The average Bonchev–Trinajstić information content (AvgIpc) is 2.20. The number of pyridine rings is 1. The molecule has 0 amide bonds. The van der Waals surface area contributed by atoms with E-state index in [0.29, 0.717) is 6.61 Å². The van der Waals surface area contributed by atoms with Crippen LogP contribution in [0, 0.1) is 0 Å². The molecule has 0 aliphatic rings. The summed E-state index contributed by atoms with van der Waals surface area (Å²) in [6.07, 6.45) is 1.88. The van der Waals surface area contributed by atoms with E-state index >= 15 is 0 Å². The van der Waals surface area contributed by atoms with Crippen molar-refractivity contribution in [1.82, 2.24) is 4.98 Å². The maximum atomic E-state index is 5.11. The van der Waals surface area contributed by atoms with Crippen LogP contribution in [-0.4, -0.2) is 40.0 Å². The molecule has 0 unspecified atom stereocenters. The van der Waals surface area contributed by atoms with Crippen LogP contribution in [0.1, 0.15) is 5.56 Å². The fourth-order valence-electron chi connectivity index (χ4n) is 1.59. The standard InChI is InChI=1S/C11H10NO.Na/c1-13-8-9-4-5-11-10(7-9)3-2-6-12-11;/h2,4-7H,8H2,1H3;. The van der Waals surface area contributed by atoms with E-state index in [-0.39, 0.29) is 0 Å². The van der Waals surface area contributed by atoms with Gasteiger partial charge in [0.05, 0.1) is 0 Å². The zero-order valence-corrected chi connectivity index (χ0v) is 10.4. The number of nitrogens with zero attached hydrogens (tertiary/aromatic N) is 1. The summed E-state index contributed by atoms with van der Waals surface area (Å²) in [6, 6.07) is 8.39. The average molecular weight is 195 g/mol. The number of ether oxygens (including phenoxy) is 1. The molecule has 2 rings (SSSR count). The van der Waals surface area contributed by atoms with Crippen molar-refractivity contribution in [3.63, 3.8) is 0 Å². The van der Waals surface area contributed by atoms with Crippen molar-refractivity contribution in [2.24, 2.45) is 0 Å². The molecular formula is C11H10NNaO. The van der Waals surface area contributed by atoms with E-state index in [1.165, 1.54) is 13.8 Å². The molecule has 1 heterocycles. The van der Waals surface area contributed by atoms with Gasteiger partial charge < -0.3 is 0 Å². The van der Waals surface area contributed by atoms with Crippen LogP contribution >= 0.6 is 0 Å². The molecule has 1 aromatic carbocycles. The number of hydrogen-bond donors (Lipinski definition) is 0. The predicted octanol–water partition coefficient (Wildman–Crippen LogP) is 1.18. The van der Waals surface area contributed by atoms with Gasteiger partial charge in [0, 0.05) is 0 Å². The van der Waals surface area contributed by atoms with Gasteiger partial charge in [0.25, 0.3) is 0 Å². The van der Waals surface area contributed by atoms with E-state index < -0.39 is 0 Å². The molecule has 2 nitrogen and oxygen atoms in total. The topological polar surface area (TPSA) is 22.1 Å². The van der Waals surface area contributed by atoms with Gasteiger partial charge in [-0.2, -0.15) is 0 Å². The molecule has 66 valence electrons. The van der Waals surface area contributed by atoms with Gasteiger partial charge in [-0.05, 0) is 0 Å². The van der Waals surface area contributed by atoms with Gasteiger partial charge in [-0.15, -0.1) is 0 Å². The summed E-state index contributed by atoms with van der Waals surface area (Å²) in [4.78, 5) is 4.32. The molecule has 0 spiro atoms. The molecule has 14 heavy (non-hydrogen) atoms. The Kier molecular flexibility index (Phi) is 3.19. The fourth-order valence-corrected chi connectivity index (χ4v) is 2.14. The van der Waals surface area contributed by atoms with E-state index in [2.05, 4.69) is 29.2 Å². The first kappa shape index (κ1) is 10.1. The molecule has 0 aliphatic heterocycles. The Balaban J connectivity index is 2.58. The number of rotatable bonds is 2. The second-order valence-electron chi connectivity index (χ2n) is 3.41. The number of methoxy groups -OCH3 is 1. The Bertz CT molecular complexity index is 456. The minimum atomic E-state index is 0.672. The van der Waals surface area contributed by atoms with E-state index in [4.69, 9.17) is 4.74 Å². The molecule has 2 aromatic rings. The van der Waals surface area contributed by atoms with Crippen molar-refractivity contribution in [3.8, 4) is 0 Å². The fraction of sp³-hybridized carbons (Fsp3) is 0.182. The third kappa shape index (κ3) is 1.98. The van der Waals surface area contributed by atoms with Crippen LogP contribution in [0.15, 0.2) is 30.5 Å². The van der Waals surface area contributed by atoms with Crippen LogP contribution in [0.5, 0.6) is 0 Å². The third-order valence-corrected chi connectivity index (χ3v) is 3.21. The molecule has 1 aromatic heterocycles. The summed E-state index contributed by atoms with van der Waals surface area (Å²) < 4.78 is 6.50. The number of benzene rings is 1. The molecule has 0 bridgehead atoms. The Hall–Kier alpha value is -0.410. The van der Waals surface area contributed by atoms with E-state index in [9.17, 15) is 0 Å². The van der Waals surface area contributed by atoms with Gasteiger partial charge in [0.15, 0.2) is 0 Å². The van der Waals surface area contributed by atoms with E-state index in [1.807, 2.05) is 6.20 Å². The van der Waals surface area contributed by atoms with Crippen molar-refractivity contribution in [3.05, 3.63) is 36.0 Å². The van der Waals surface area contributed by atoms with Crippen LogP contribution in [0.4, 0.5) is 0 Å². The summed E-state index contributed by atoms with van der Waals surface area (Å²) in [7, 11) is 1.72. The van der Waals surface area contributed by atoms with Crippen LogP contribution in [0.25, 0.3) is 10.9 Å². The quantitative estimate of drug-likeness (QED) is 0.671. The molecule has 0 saturated carbocycles. The Labute approximate surface area is 101 Å². The first-order valence-corrected chi connectivity index (χ1v) is 5.64. The Morgan fingerprint density at radius 2 is 2.21 bits per heavy atom. The molecular weight excluding hydrogens is 185 g/mol. The van der Waals surface area contributed by atoms with Crippen LogP contribution in [0.3, 0.4) is 0 Å². The van der Waals surface area contributed by atoms with Gasteiger partial charge >= 0.3 is 101 Å². The Morgan fingerprint density at radius 3 is 3.00 bits per heavy atom. The monoisotopic (exact) mass is 195 g/mol. The molecule has 0 atom stereocenters. The van der Waals surface area contributed by atoms with Gasteiger partial charge in [-0.25, -0.2) is 0 Å². The number of aromatic nitrogens is 1. The number of hydrogen-bond acceptors (Lipinski definition) is 2. The van der Waals surface area contributed by atoms with Gasteiger partial charge in [0.1, 0.15) is 0 Å². The first-order valence-electron chi connectivity index (χ1n) is 4.64. The molecule has 0 aliphatic carbocycles. The summed E-state index contributed by atoms with van der Waals surface area (Å²) in [6.45, 7) is 0.672. The summed E-state index contributed by atoms with van der Waals surface area (Å²) in [5, 5.41) is 1.27. The number of fused-ring (bicyclic) bond motifs is 1. The molecule has 0 radical (unpaired) electrons. The normalized spacial score (nSPS) is 10.8. The Morgan fingerprint density at radius 1 is 1.36 bits per heavy atom. The van der Waals surface area contributed by atoms with E-state index in [1.54, 1.807) is 7.11 Å². The molecule has 3 heteroatoms. The van der Waals surface area contributed by atoms with Crippen molar-refractivity contribution in [2.45, 2.75) is 6.61 Å².